The summed E-state index contributed by atoms with van der Waals surface area (Å²) in [7, 11) is 0. The lowest BCUT2D eigenvalue weighted by atomic mass is 10.2. The zero-order valence-corrected chi connectivity index (χ0v) is 9.25. The molecule has 0 spiro atoms. The van der Waals surface area contributed by atoms with Gasteiger partial charge in [-0.1, -0.05) is 6.92 Å². The summed E-state index contributed by atoms with van der Waals surface area (Å²) in [4.78, 5) is 4.18. The number of aryl methyl sites for hydroxylation is 1. The van der Waals surface area contributed by atoms with Crippen LogP contribution in [0.25, 0.3) is 10.2 Å². The van der Waals surface area contributed by atoms with E-state index in [0.29, 0.717) is 16.6 Å². The number of aromatic nitrogens is 1. The summed E-state index contributed by atoms with van der Waals surface area (Å²) in [6.07, 6.45) is -3.67. The minimum Gasteiger partial charge on any atom is -0.397 e. The van der Waals surface area contributed by atoms with Gasteiger partial charge >= 0.3 is 6.18 Å². The summed E-state index contributed by atoms with van der Waals surface area (Å²) in [5.74, 6) is 0. The minimum atomic E-state index is -4.36. The number of halogens is 3. The summed E-state index contributed by atoms with van der Waals surface area (Å²) >= 11 is 1.25. The van der Waals surface area contributed by atoms with Gasteiger partial charge < -0.3 is 5.73 Å². The molecule has 2 aromatic rings. The molecule has 6 heteroatoms. The molecule has 86 valence electrons. The van der Waals surface area contributed by atoms with Crippen molar-refractivity contribution in [3.05, 3.63) is 22.7 Å². The molecule has 1 aromatic carbocycles. The van der Waals surface area contributed by atoms with Gasteiger partial charge in [0.1, 0.15) is 5.52 Å². The topological polar surface area (TPSA) is 38.9 Å². The standard InChI is InChI=1S/C10H9F3N2S/c1-2-8-15-9-6(14)3-5(10(11,12)13)4-7(9)16-8/h3-4H,2,14H2,1H3. The fourth-order valence-corrected chi connectivity index (χ4v) is 2.40. The van der Waals surface area contributed by atoms with Crippen molar-refractivity contribution in [2.75, 3.05) is 5.73 Å². The Bertz CT molecular complexity index is 531. The Morgan fingerprint density at radius 3 is 2.62 bits per heavy atom. The van der Waals surface area contributed by atoms with Gasteiger partial charge in [-0.05, 0) is 18.6 Å². The van der Waals surface area contributed by atoms with Crippen LogP contribution in [0, 0.1) is 0 Å². The molecule has 0 atom stereocenters. The number of nitrogens with zero attached hydrogens (tertiary/aromatic N) is 1. The Morgan fingerprint density at radius 2 is 2.06 bits per heavy atom. The Labute approximate surface area is 93.9 Å². The number of nitrogen functional groups attached to an aromatic ring is 1. The van der Waals surface area contributed by atoms with Crippen molar-refractivity contribution in [2.24, 2.45) is 0 Å². The lowest BCUT2D eigenvalue weighted by Gasteiger charge is -2.07. The second-order valence-corrected chi connectivity index (χ2v) is 4.49. The molecule has 0 unspecified atom stereocenters. The van der Waals surface area contributed by atoms with E-state index in [4.69, 9.17) is 5.73 Å². The molecule has 0 fully saturated rings. The fraction of sp³-hybridized carbons (Fsp3) is 0.300. The van der Waals surface area contributed by atoms with Crippen molar-refractivity contribution in [2.45, 2.75) is 19.5 Å². The van der Waals surface area contributed by atoms with E-state index in [1.807, 2.05) is 6.92 Å². The third kappa shape index (κ3) is 1.84. The van der Waals surface area contributed by atoms with Crippen LogP contribution in [-0.2, 0) is 12.6 Å². The van der Waals surface area contributed by atoms with Crippen LogP contribution in [0.1, 0.15) is 17.5 Å². The molecule has 1 aromatic heterocycles. The van der Waals surface area contributed by atoms with Gasteiger partial charge in [0, 0.05) is 0 Å². The summed E-state index contributed by atoms with van der Waals surface area (Å²) in [6.45, 7) is 1.90. The first-order valence-electron chi connectivity index (χ1n) is 4.68. The first-order valence-corrected chi connectivity index (χ1v) is 5.49. The van der Waals surface area contributed by atoms with Gasteiger partial charge in [-0.25, -0.2) is 4.98 Å². The highest BCUT2D eigenvalue weighted by Crippen LogP contribution is 2.36. The zero-order valence-electron chi connectivity index (χ0n) is 8.43. The van der Waals surface area contributed by atoms with Gasteiger partial charge in [0.15, 0.2) is 0 Å². The second-order valence-electron chi connectivity index (χ2n) is 3.37. The first-order chi connectivity index (χ1) is 7.41. The largest absolute Gasteiger partial charge is 0.416 e. The Hall–Kier alpha value is -1.30. The Balaban J connectivity index is 2.67. The van der Waals surface area contributed by atoms with Crippen molar-refractivity contribution in [1.82, 2.24) is 4.98 Å². The van der Waals surface area contributed by atoms with Crippen LogP contribution in [-0.4, -0.2) is 4.98 Å². The van der Waals surface area contributed by atoms with Crippen LogP contribution in [0.15, 0.2) is 12.1 Å². The number of benzene rings is 1. The van der Waals surface area contributed by atoms with Gasteiger partial charge in [0.25, 0.3) is 0 Å². The van der Waals surface area contributed by atoms with Gasteiger partial charge in [-0.15, -0.1) is 11.3 Å². The van der Waals surface area contributed by atoms with E-state index in [-0.39, 0.29) is 5.69 Å². The van der Waals surface area contributed by atoms with E-state index in [2.05, 4.69) is 4.98 Å². The van der Waals surface area contributed by atoms with Gasteiger partial charge in [0.05, 0.1) is 21.0 Å². The minimum absolute atomic E-state index is 0.0841. The van der Waals surface area contributed by atoms with Crippen molar-refractivity contribution in [3.8, 4) is 0 Å². The molecule has 0 saturated carbocycles. The van der Waals surface area contributed by atoms with Gasteiger partial charge in [-0.2, -0.15) is 13.2 Å². The normalized spacial score (nSPS) is 12.2. The number of nitrogens with two attached hydrogens (primary N) is 1. The van der Waals surface area contributed by atoms with Crippen LogP contribution in [0.5, 0.6) is 0 Å². The molecule has 0 amide bonds. The third-order valence-electron chi connectivity index (χ3n) is 2.20. The average Bonchev–Trinajstić information content (AvgIpc) is 2.59. The Kier molecular flexibility index (Phi) is 2.53. The molecule has 2 N–H and O–H groups in total. The van der Waals surface area contributed by atoms with E-state index < -0.39 is 11.7 Å². The maximum Gasteiger partial charge on any atom is 0.416 e. The maximum atomic E-state index is 12.5. The van der Waals surface area contributed by atoms with Crippen LogP contribution in [0.3, 0.4) is 0 Å². The van der Waals surface area contributed by atoms with Crippen molar-refractivity contribution in [1.29, 1.82) is 0 Å². The summed E-state index contributed by atoms with van der Waals surface area (Å²) in [5.41, 5.74) is 5.40. The molecule has 0 saturated heterocycles. The van der Waals surface area contributed by atoms with Crippen LogP contribution in [0.2, 0.25) is 0 Å². The Morgan fingerprint density at radius 1 is 1.38 bits per heavy atom. The molecular weight excluding hydrogens is 237 g/mol. The van der Waals surface area contributed by atoms with E-state index >= 15 is 0 Å². The highest BCUT2D eigenvalue weighted by Gasteiger charge is 2.31. The number of alkyl halides is 3. The average molecular weight is 246 g/mol. The quantitative estimate of drug-likeness (QED) is 0.782. The molecule has 0 aliphatic heterocycles. The lowest BCUT2D eigenvalue weighted by Crippen LogP contribution is -2.05. The van der Waals surface area contributed by atoms with Crippen LogP contribution in [0.4, 0.5) is 18.9 Å². The maximum absolute atomic E-state index is 12.5. The van der Waals surface area contributed by atoms with Crippen LogP contribution >= 0.6 is 11.3 Å². The van der Waals surface area contributed by atoms with E-state index in [1.54, 1.807) is 0 Å². The fourth-order valence-electron chi connectivity index (χ4n) is 1.42. The second kappa shape index (κ2) is 3.62. The molecular formula is C10H9F3N2S. The van der Waals surface area contributed by atoms with Crippen molar-refractivity contribution in [3.63, 3.8) is 0 Å². The predicted octanol–water partition coefficient (Wildman–Crippen LogP) is 3.46. The number of thiazole rings is 1. The summed E-state index contributed by atoms with van der Waals surface area (Å²) < 4.78 is 38.0. The predicted molar refractivity (Wildman–Crippen MR) is 58.4 cm³/mol. The van der Waals surface area contributed by atoms with E-state index in [9.17, 15) is 13.2 Å². The summed E-state index contributed by atoms with van der Waals surface area (Å²) in [6, 6.07) is 2.03. The SMILES string of the molecule is CCc1nc2c(N)cc(C(F)(F)F)cc2s1. The monoisotopic (exact) mass is 246 g/mol. The summed E-state index contributed by atoms with van der Waals surface area (Å²) in [5, 5.41) is 0.793. The number of hydrogen-bond donors (Lipinski definition) is 1. The number of rotatable bonds is 1. The first kappa shape index (κ1) is 11.2. The number of hydrogen-bond acceptors (Lipinski definition) is 3. The molecule has 2 rings (SSSR count). The van der Waals surface area contributed by atoms with Crippen LogP contribution < -0.4 is 5.73 Å². The molecule has 1 heterocycles. The highest BCUT2D eigenvalue weighted by molar-refractivity contribution is 7.18. The smallest absolute Gasteiger partial charge is 0.397 e. The highest BCUT2D eigenvalue weighted by atomic mass is 32.1. The number of fused-ring (bicyclic) bond motifs is 1. The zero-order chi connectivity index (χ0) is 11.9. The molecule has 2 nitrogen and oxygen atoms in total. The van der Waals surface area contributed by atoms with Gasteiger partial charge in [0.2, 0.25) is 0 Å². The number of anilines is 1. The third-order valence-corrected chi connectivity index (χ3v) is 3.35. The molecule has 0 bridgehead atoms. The molecule has 16 heavy (non-hydrogen) atoms. The van der Waals surface area contributed by atoms with E-state index in [1.165, 1.54) is 11.3 Å². The van der Waals surface area contributed by atoms with Crippen molar-refractivity contribution < 1.29 is 13.2 Å². The van der Waals surface area contributed by atoms with E-state index in [0.717, 1.165) is 17.1 Å². The lowest BCUT2D eigenvalue weighted by molar-refractivity contribution is -0.137. The molecule has 0 aliphatic carbocycles. The molecule has 0 radical (unpaired) electrons. The molecule has 0 aliphatic rings. The van der Waals surface area contributed by atoms with Gasteiger partial charge in [-0.3, -0.25) is 0 Å². The van der Waals surface area contributed by atoms with Crippen molar-refractivity contribution >= 4 is 27.2 Å².